The molecule has 1 aromatic carbocycles. The molecular formula is C16H15NO4. The number of furan rings is 1. The van der Waals surface area contributed by atoms with Crippen LogP contribution in [-0.2, 0) is 13.0 Å². The Hall–Kier alpha value is -2.43. The Balaban J connectivity index is 1.67. The Labute approximate surface area is 122 Å². The molecule has 0 saturated carbocycles. The maximum absolute atomic E-state index is 12.5. The molecule has 4 rings (SSSR count). The lowest BCUT2D eigenvalue weighted by molar-refractivity contribution is 0.0625. The molecule has 2 aromatic rings. The van der Waals surface area contributed by atoms with E-state index in [4.69, 9.17) is 13.9 Å². The van der Waals surface area contributed by atoms with Gasteiger partial charge in [-0.1, -0.05) is 0 Å². The zero-order valence-corrected chi connectivity index (χ0v) is 11.7. The average molecular weight is 285 g/mol. The maximum atomic E-state index is 12.5. The lowest BCUT2D eigenvalue weighted by Gasteiger charge is -2.34. The number of carbonyl (C=O) groups excluding carboxylic acids is 1. The lowest BCUT2D eigenvalue weighted by atomic mass is 9.94. The summed E-state index contributed by atoms with van der Waals surface area (Å²) in [6, 6.07) is 7.56. The van der Waals surface area contributed by atoms with Gasteiger partial charge in [-0.15, -0.1) is 0 Å². The Morgan fingerprint density at radius 1 is 1.24 bits per heavy atom. The third-order valence-electron chi connectivity index (χ3n) is 4.08. The van der Waals surface area contributed by atoms with Crippen LogP contribution in [0.5, 0.6) is 11.5 Å². The van der Waals surface area contributed by atoms with Crippen LogP contribution in [0, 0.1) is 0 Å². The minimum atomic E-state index is -0.0733. The van der Waals surface area contributed by atoms with Crippen molar-refractivity contribution in [3.8, 4) is 11.5 Å². The van der Waals surface area contributed by atoms with Crippen LogP contribution in [0.1, 0.15) is 28.6 Å². The van der Waals surface area contributed by atoms with E-state index in [1.165, 1.54) is 11.8 Å². The van der Waals surface area contributed by atoms with Gasteiger partial charge in [0.15, 0.2) is 17.3 Å². The average Bonchev–Trinajstić information content (AvgIpc) is 3.14. The molecule has 1 amide bonds. The third-order valence-corrected chi connectivity index (χ3v) is 4.08. The van der Waals surface area contributed by atoms with Gasteiger partial charge in [-0.3, -0.25) is 4.79 Å². The first-order valence-electron chi connectivity index (χ1n) is 6.98. The summed E-state index contributed by atoms with van der Waals surface area (Å²) in [4.78, 5) is 14.3. The predicted molar refractivity (Wildman–Crippen MR) is 74.3 cm³/mol. The van der Waals surface area contributed by atoms with E-state index in [9.17, 15) is 4.79 Å². The Kier molecular flexibility index (Phi) is 2.67. The predicted octanol–water partition coefficient (Wildman–Crippen LogP) is 2.60. The van der Waals surface area contributed by atoms with Gasteiger partial charge in [-0.25, -0.2) is 0 Å². The molecule has 0 N–H and O–H groups in total. The third kappa shape index (κ3) is 1.96. The van der Waals surface area contributed by atoms with Crippen molar-refractivity contribution in [2.75, 3.05) is 6.79 Å². The standard InChI is InChI=1S/C16H15NO4/c1-10-5-11-6-14-15(21-9-20-14)7-12(11)8-17(10)16(18)13-3-2-4-19-13/h2-4,6-7,10H,5,8-9H2,1H3. The number of nitrogens with zero attached hydrogens (tertiary/aromatic N) is 1. The highest BCUT2D eigenvalue weighted by atomic mass is 16.7. The summed E-state index contributed by atoms with van der Waals surface area (Å²) in [5.41, 5.74) is 2.33. The summed E-state index contributed by atoms with van der Waals surface area (Å²) in [6.07, 6.45) is 2.33. The van der Waals surface area contributed by atoms with Crippen molar-refractivity contribution < 1.29 is 18.7 Å². The maximum Gasteiger partial charge on any atom is 0.290 e. The van der Waals surface area contributed by atoms with Gasteiger partial charge in [-0.2, -0.15) is 0 Å². The fraction of sp³-hybridized carbons (Fsp3) is 0.312. The SMILES string of the molecule is CC1Cc2cc3c(cc2CN1C(=O)c1ccco1)OCO3. The quantitative estimate of drug-likeness (QED) is 0.808. The van der Waals surface area contributed by atoms with Crippen molar-refractivity contribution in [2.45, 2.75) is 25.9 Å². The van der Waals surface area contributed by atoms with Crippen molar-refractivity contribution >= 4 is 5.91 Å². The molecular weight excluding hydrogens is 270 g/mol. The van der Waals surface area contributed by atoms with Crippen LogP contribution in [-0.4, -0.2) is 23.6 Å². The molecule has 3 heterocycles. The lowest BCUT2D eigenvalue weighted by Crippen LogP contribution is -2.42. The molecule has 5 heteroatoms. The van der Waals surface area contributed by atoms with Crippen molar-refractivity contribution in [2.24, 2.45) is 0 Å². The second-order valence-electron chi connectivity index (χ2n) is 5.44. The number of amides is 1. The van der Waals surface area contributed by atoms with Gasteiger partial charge in [0.1, 0.15) is 0 Å². The van der Waals surface area contributed by atoms with Crippen LogP contribution in [0.4, 0.5) is 0 Å². The van der Waals surface area contributed by atoms with E-state index in [1.807, 2.05) is 24.0 Å². The molecule has 0 fully saturated rings. The van der Waals surface area contributed by atoms with Gasteiger partial charge in [0, 0.05) is 12.6 Å². The number of benzene rings is 1. The number of rotatable bonds is 1. The number of carbonyl (C=O) groups is 1. The summed E-state index contributed by atoms with van der Waals surface area (Å²) in [6.45, 7) is 2.88. The molecule has 0 saturated heterocycles. The molecule has 5 nitrogen and oxygen atoms in total. The van der Waals surface area contributed by atoms with Gasteiger partial charge in [-0.05, 0) is 48.7 Å². The van der Waals surface area contributed by atoms with E-state index in [-0.39, 0.29) is 18.7 Å². The zero-order chi connectivity index (χ0) is 14.4. The molecule has 1 atom stereocenters. The van der Waals surface area contributed by atoms with Crippen LogP contribution in [0.3, 0.4) is 0 Å². The highest BCUT2D eigenvalue weighted by Crippen LogP contribution is 2.38. The first-order valence-corrected chi connectivity index (χ1v) is 6.98. The molecule has 0 radical (unpaired) electrons. The van der Waals surface area contributed by atoms with Crippen LogP contribution < -0.4 is 9.47 Å². The van der Waals surface area contributed by atoms with E-state index in [0.29, 0.717) is 12.3 Å². The smallest absolute Gasteiger partial charge is 0.290 e. The van der Waals surface area contributed by atoms with E-state index < -0.39 is 0 Å². The van der Waals surface area contributed by atoms with E-state index in [2.05, 4.69) is 0 Å². The fourth-order valence-corrected chi connectivity index (χ4v) is 2.94. The minimum Gasteiger partial charge on any atom is -0.459 e. The van der Waals surface area contributed by atoms with Crippen molar-refractivity contribution in [3.63, 3.8) is 0 Å². The van der Waals surface area contributed by atoms with Crippen molar-refractivity contribution in [1.29, 1.82) is 0 Å². The monoisotopic (exact) mass is 285 g/mol. The van der Waals surface area contributed by atoms with Crippen LogP contribution in [0.15, 0.2) is 34.9 Å². The van der Waals surface area contributed by atoms with Gasteiger partial charge >= 0.3 is 0 Å². The Morgan fingerprint density at radius 2 is 2.00 bits per heavy atom. The summed E-state index contributed by atoms with van der Waals surface area (Å²) >= 11 is 0. The van der Waals surface area contributed by atoms with E-state index >= 15 is 0 Å². The molecule has 1 unspecified atom stereocenters. The van der Waals surface area contributed by atoms with Gasteiger partial charge in [0.2, 0.25) is 6.79 Å². The molecule has 108 valence electrons. The van der Waals surface area contributed by atoms with Gasteiger partial charge in [0.05, 0.1) is 6.26 Å². The first-order chi connectivity index (χ1) is 10.2. The Morgan fingerprint density at radius 3 is 2.71 bits per heavy atom. The topological polar surface area (TPSA) is 51.9 Å². The van der Waals surface area contributed by atoms with Gasteiger partial charge < -0.3 is 18.8 Å². The first kappa shape index (κ1) is 12.3. The summed E-state index contributed by atoms with van der Waals surface area (Å²) < 4.78 is 16.1. The molecule has 21 heavy (non-hydrogen) atoms. The summed E-state index contributed by atoms with van der Waals surface area (Å²) in [7, 11) is 0. The van der Waals surface area contributed by atoms with Gasteiger partial charge in [0.25, 0.3) is 5.91 Å². The summed E-state index contributed by atoms with van der Waals surface area (Å²) in [5, 5.41) is 0. The number of hydrogen-bond acceptors (Lipinski definition) is 4. The number of fused-ring (bicyclic) bond motifs is 2. The minimum absolute atomic E-state index is 0.0733. The Bertz CT molecular complexity index is 693. The molecule has 0 spiro atoms. The van der Waals surface area contributed by atoms with Crippen LogP contribution in [0.2, 0.25) is 0 Å². The largest absolute Gasteiger partial charge is 0.459 e. The second kappa shape index (κ2) is 4.55. The van der Waals surface area contributed by atoms with Crippen LogP contribution in [0.25, 0.3) is 0 Å². The van der Waals surface area contributed by atoms with E-state index in [0.717, 1.165) is 23.5 Å². The highest BCUT2D eigenvalue weighted by Gasteiger charge is 2.30. The zero-order valence-electron chi connectivity index (χ0n) is 11.7. The fourth-order valence-electron chi connectivity index (χ4n) is 2.94. The molecule has 2 aliphatic rings. The van der Waals surface area contributed by atoms with Crippen molar-refractivity contribution in [1.82, 2.24) is 4.90 Å². The van der Waals surface area contributed by atoms with Crippen LogP contribution >= 0.6 is 0 Å². The number of hydrogen-bond donors (Lipinski definition) is 0. The molecule has 1 aromatic heterocycles. The molecule has 0 aliphatic carbocycles. The van der Waals surface area contributed by atoms with Crippen molar-refractivity contribution in [3.05, 3.63) is 47.4 Å². The number of ether oxygens (including phenoxy) is 2. The summed E-state index contributed by atoms with van der Waals surface area (Å²) in [5.74, 6) is 1.86. The molecule has 2 aliphatic heterocycles. The second-order valence-corrected chi connectivity index (χ2v) is 5.44. The highest BCUT2D eigenvalue weighted by molar-refractivity contribution is 5.91. The normalized spacial score (nSPS) is 19.5. The van der Waals surface area contributed by atoms with E-state index in [1.54, 1.807) is 12.1 Å². The molecule has 0 bridgehead atoms.